The first-order valence-electron chi connectivity index (χ1n) is 4.62. The minimum Gasteiger partial charge on any atom is -0.454 e. The summed E-state index contributed by atoms with van der Waals surface area (Å²) < 4.78 is 5.23. The van der Waals surface area contributed by atoms with Crippen molar-refractivity contribution in [3.05, 3.63) is 11.1 Å². The molecule has 0 radical (unpaired) electrons. The Morgan fingerprint density at radius 1 is 1.42 bits per heavy atom. The second kappa shape index (κ2) is 2.61. The topological polar surface area (TPSA) is 26.3 Å². The van der Waals surface area contributed by atoms with Crippen molar-refractivity contribution >= 4 is 5.97 Å². The molecule has 0 amide bonds. The lowest BCUT2D eigenvalue weighted by molar-refractivity contribution is -0.140. The molecule has 0 N–H and O–H groups in total. The molecule has 0 spiro atoms. The van der Waals surface area contributed by atoms with Gasteiger partial charge in [0.15, 0.2) is 0 Å². The summed E-state index contributed by atoms with van der Waals surface area (Å²) in [7, 11) is 0. The van der Waals surface area contributed by atoms with Crippen LogP contribution >= 0.6 is 0 Å². The number of rotatable bonds is 0. The predicted octanol–water partition coefficient (Wildman–Crippen LogP) is 2.05. The monoisotopic (exact) mass is 166 g/mol. The zero-order valence-electron chi connectivity index (χ0n) is 7.59. The zero-order chi connectivity index (χ0) is 8.72. The Labute approximate surface area is 72.6 Å². The van der Waals surface area contributed by atoms with Crippen LogP contribution in [0.15, 0.2) is 11.1 Å². The highest BCUT2D eigenvalue weighted by Gasteiger charge is 2.36. The summed E-state index contributed by atoms with van der Waals surface area (Å²) in [6.45, 7) is 4.08. The second-order valence-electron chi connectivity index (χ2n) is 3.81. The van der Waals surface area contributed by atoms with E-state index in [1.54, 1.807) is 0 Å². The predicted molar refractivity (Wildman–Crippen MR) is 45.6 cm³/mol. The second-order valence-corrected chi connectivity index (χ2v) is 3.81. The normalized spacial score (nSPS) is 35.0. The van der Waals surface area contributed by atoms with Gasteiger partial charge in [0, 0.05) is 5.57 Å². The first-order chi connectivity index (χ1) is 5.70. The molecule has 2 heteroatoms. The van der Waals surface area contributed by atoms with Crippen LogP contribution in [0.25, 0.3) is 0 Å². The van der Waals surface area contributed by atoms with Crippen molar-refractivity contribution in [3.8, 4) is 0 Å². The van der Waals surface area contributed by atoms with E-state index in [0.717, 1.165) is 12.0 Å². The van der Waals surface area contributed by atoms with Gasteiger partial charge in [-0.15, -0.1) is 0 Å². The average molecular weight is 166 g/mol. The Bertz CT molecular complexity index is 253. The molecule has 1 aliphatic carbocycles. The van der Waals surface area contributed by atoms with Crippen molar-refractivity contribution in [1.29, 1.82) is 0 Å². The van der Waals surface area contributed by atoms with Gasteiger partial charge in [-0.25, -0.2) is 4.79 Å². The molecule has 2 rings (SSSR count). The van der Waals surface area contributed by atoms with Crippen molar-refractivity contribution < 1.29 is 9.53 Å². The average Bonchev–Trinajstić information content (AvgIpc) is 2.29. The number of hydrogen-bond donors (Lipinski definition) is 0. The Hall–Kier alpha value is -0.790. The molecule has 2 atom stereocenters. The summed E-state index contributed by atoms with van der Waals surface area (Å²) in [5, 5.41) is 0. The van der Waals surface area contributed by atoms with E-state index in [-0.39, 0.29) is 12.1 Å². The Balaban J connectivity index is 2.34. The number of esters is 1. The van der Waals surface area contributed by atoms with Crippen molar-refractivity contribution in [2.45, 2.75) is 39.2 Å². The lowest BCUT2D eigenvalue weighted by Crippen LogP contribution is -2.20. The number of carbonyl (C=O) groups is 1. The number of hydrogen-bond acceptors (Lipinski definition) is 2. The van der Waals surface area contributed by atoms with E-state index in [1.807, 2.05) is 6.92 Å². The highest BCUT2D eigenvalue weighted by Crippen LogP contribution is 2.37. The van der Waals surface area contributed by atoms with Gasteiger partial charge in [0.05, 0.1) is 0 Å². The molecular formula is C10H14O2. The molecule has 1 saturated carbocycles. The third kappa shape index (κ3) is 0.977. The maximum absolute atomic E-state index is 11.2. The van der Waals surface area contributed by atoms with Gasteiger partial charge in [0.25, 0.3) is 0 Å². The van der Waals surface area contributed by atoms with Crippen molar-refractivity contribution in [3.63, 3.8) is 0 Å². The fourth-order valence-electron chi connectivity index (χ4n) is 2.31. The Morgan fingerprint density at radius 3 is 2.83 bits per heavy atom. The van der Waals surface area contributed by atoms with Crippen molar-refractivity contribution in [2.75, 3.05) is 0 Å². The molecule has 1 fully saturated rings. The highest BCUT2D eigenvalue weighted by atomic mass is 16.5. The largest absolute Gasteiger partial charge is 0.454 e. The number of carbonyl (C=O) groups excluding carboxylic acids is 1. The molecule has 2 unspecified atom stereocenters. The van der Waals surface area contributed by atoms with Gasteiger partial charge in [0.1, 0.15) is 6.10 Å². The molecule has 2 aliphatic rings. The summed E-state index contributed by atoms with van der Waals surface area (Å²) in [6, 6.07) is 0. The molecule has 0 bridgehead atoms. The molecule has 0 saturated heterocycles. The van der Waals surface area contributed by atoms with Crippen molar-refractivity contribution in [1.82, 2.24) is 0 Å². The van der Waals surface area contributed by atoms with Gasteiger partial charge >= 0.3 is 5.97 Å². The molecule has 12 heavy (non-hydrogen) atoms. The quantitative estimate of drug-likeness (QED) is 0.515. The molecular weight excluding hydrogens is 152 g/mol. The van der Waals surface area contributed by atoms with Crippen LogP contribution in [-0.2, 0) is 9.53 Å². The maximum Gasteiger partial charge on any atom is 0.334 e. The summed E-state index contributed by atoms with van der Waals surface area (Å²) in [5.74, 6) is 0.457. The Morgan fingerprint density at radius 2 is 2.17 bits per heavy atom. The van der Waals surface area contributed by atoms with E-state index >= 15 is 0 Å². The summed E-state index contributed by atoms with van der Waals surface area (Å²) in [5.41, 5.74) is 2.14. The number of ether oxygens (including phenoxy) is 1. The summed E-state index contributed by atoms with van der Waals surface area (Å²) in [6.07, 6.45) is 3.56. The first-order valence-corrected chi connectivity index (χ1v) is 4.62. The van der Waals surface area contributed by atoms with Crippen LogP contribution in [-0.4, -0.2) is 12.1 Å². The molecule has 2 nitrogen and oxygen atoms in total. The van der Waals surface area contributed by atoms with Gasteiger partial charge in [-0.05, 0) is 37.7 Å². The minimum absolute atomic E-state index is 0.0937. The van der Waals surface area contributed by atoms with Gasteiger partial charge in [-0.3, -0.25) is 0 Å². The third-order valence-electron chi connectivity index (χ3n) is 2.97. The maximum atomic E-state index is 11.2. The molecule has 0 aromatic rings. The molecule has 0 aromatic heterocycles. The zero-order valence-corrected chi connectivity index (χ0v) is 7.59. The fourth-order valence-corrected chi connectivity index (χ4v) is 2.31. The summed E-state index contributed by atoms with van der Waals surface area (Å²) >= 11 is 0. The number of fused-ring (bicyclic) bond motifs is 1. The smallest absolute Gasteiger partial charge is 0.334 e. The van der Waals surface area contributed by atoms with Gasteiger partial charge in [-0.1, -0.05) is 6.92 Å². The van der Waals surface area contributed by atoms with Crippen LogP contribution in [0.3, 0.4) is 0 Å². The highest BCUT2D eigenvalue weighted by molar-refractivity contribution is 5.91. The van der Waals surface area contributed by atoms with Gasteiger partial charge < -0.3 is 4.74 Å². The van der Waals surface area contributed by atoms with Crippen LogP contribution in [0.1, 0.15) is 33.1 Å². The van der Waals surface area contributed by atoms with E-state index in [2.05, 4.69) is 6.92 Å². The molecule has 1 aliphatic heterocycles. The van der Waals surface area contributed by atoms with Crippen LogP contribution < -0.4 is 0 Å². The van der Waals surface area contributed by atoms with E-state index in [1.165, 1.54) is 18.4 Å². The molecule has 0 aromatic carbocycles. The minimum atomic E-state index is -0.0937. The van der Waals surface area contributed by atoms with Crippen LogP contribution in [0, 0.1) is 5.92 Å². The van der Waals surface area contributed by atoms with Crippen LogP contribution in [0.2, 0.25) is 0 Å². The SMILES string of the molecule is CC1=C2C(C)CCCC2OC1=O. The van der Waals surface area contributed by atoms with Crippen LogP contribution in [0.5, 0.6) is 0 Å². The standard InChI is InChI=1S/C10H14O2/c1-6-4-3-5-8-9(6)7(2)10(11)12-8/h6,8H,3-5H2,1-2H3. The van der Waals surface area contributed by atoms with E-state index < -0.39 is 0 Å². The first kappa shape index (κ1) is 7.84. The summed E-state index contributed by atoms with van der Waals surface area (Å²) in [4.78, 5) is 11.2. The van der Waals surface area contributed by atoms with E-state index in [4.69, 9.17) is 4.74 Å². The Kier molecular flexibility index (Phi) is 1.71. The molecule has 66 valence electrons. The van der Waals surface area contributed by atoms with Gasteiger partial charge in [-0.2, -0.15) is 0 Å². The van der Waals surface area contributed by atoms with Crippen LogP contribution in [0.4, 0.5) is 0 Å². The third-order valence-corrected chi connectivity index (χ3v) is 2.97. The van der Waals surface area contributed by atoms with E-state index in [9.17, 15) is 4.79 Å². The fraction of sp³-hybridized carbons (Fsp3) is 0.700. The lowest BCUT2D eigenvalue weighted by atomic mass is 9.82. The van der Waals surface area contributed by atoms with E-state index in [0.29, 0.717) is 5.92 Å². The van der Waals surface area contributed by atoms with Gasteiger partial charge in [0.2, 0.25) is 0 Å². The lowest BCUT2D eigenvalue weighted by Gasteiger charge is -2.25. The molecule has 1 heterocycles. The van der Waals surface area contributed by atoms with Crippen molar-refractivity contribution in [2.24, 2.45) is 5.92 Å².